The molecule has 9 heavy (non-hydrogen) atoms. The highest BCUT2D eigenvalue weighted by molar-refractivity contribution is 4.78. The van der Waals surface area contributed by atoms with Crippen molar-refractivity contribution in [3.05, 3.63) is 0 Å². The molecule has 1 aliphatic rings. The summed E-state index contributed by atoms with van der Waals surface area (Å²) in [5, 5.41) is 6.67. The van der Waals surface area contributed by atoms with Crippen LogP contribution < -0.4 is 10.6 Å². The van der Waals surface area contributed by atoms with Gasteiger partial charge in [0.05, 0.1) is 0 Å². The van der Waals surface area contributed by atoms with Gasteiger partial charge in [-0.15, -0.1) is 0 Å². The Morgan fingerprint density at radius 3 is 2.78 bits per heavy atom. The Bertz CT molecular complexity index is 83.0. The number of nitrogens with one attached hydrogen (secondary N) is 2. The first-order chi connectivity index (χ1) is 4.34. The van der Waals surface area contributed by atoms with E-state index in [9.17, 15) is 0 Å². The lowest BCUT2D eigenvalue weighted by Crippen LogP contribution is -2.44. The van der Waals surface area contributed by atoms with Crippen LogP contribution in [0.2, 0.25) is 0 Å². The molecule has 2 unspecified atom stereocenters. The minimum Gasteiger partial charge on any atom is -0.317 e. The van der Waals surface area contributed by atoms with Gasteiger partial charge in [-0.05, 0) is 32.5 Å². The van der Waals surface area contributed by atoms with E-state index in [0.717, 1.165) is 12.0 Å². The highest BCUT2D eigenvalue weighted by atomic mass is 15.0. The molecule has 0 spiro atoms. The minimum absolute atomic E-state index is 0.742. The van der Waals surface area contributed by atoms with Gasteiger partial charge in [0.1, 0.15) is 0 Å². The monoisotopic (exact) mass is 128 g/mol. The van der Waals surface area contributed by atoms with Gasteiger partial charge in [-0.2, -0.15) is 0 Å². The summed E-state index contributed by atoms with van der Waals surface area (Å²) in [4.78, 5) is 0. The second kappa shape index (κ2) is 3.18. The van der Waals surface area contributed by atoms with Gasteiger partial charge in [-0.3, -0.25) is 0 Å². The van der Waals surface area contributed by atoms with Crippen molar-refractivity contribution in [1.82, 2.24) is 10.6 Å². The standard InChI is InChI=1S/C7H16N2/c1-6-5-9-4-3-7(6)8-2/h6-9H,3-5H2,1-2H3. The molecule has 2 heteroatoms. The first kappa shape index (κ1) is 7.03. The third-order valence-corrected chi connectivity index (χ3v) is 2.16. The van der Waals surface area contributed by atoms with E-state index in [2.05, 4.69) is 17.6 Å². The smallest absolute Gasteiger partial charge is 0.0114 e. The summed E-state index contributed by atoms with van der Waals surface area (Å²) in [7, 11) is 2.05. The van der Waals surface area contributed by atoms with Crippen molar-refractivity contribution in [2.45, 2.75) is 19.4 Å². The van der Waals surface area contributed by atoms with Gasteiger partial charge in [-0.25, -0.2) is 0 Å². The molecule has 1 saturated heterocycles. The number of piperidine rings is 1. The summed E-state index contributed by atoms with van der Waals surface area (Å²) >= 11 is 0. The highest BCUT2D eigenvalue weighted by Gasteiger charge is 2.17. The number of hydrogen-bond donors (Lipinski definition) is 2. The predicted molar refractivity (Wildman–Crippen MR) is 39.5 cm³/mol. The second-order valence-electron chi connectivity index (χ2n) is 2.87. The highest BCUT2D eigenvalue weighted by Crippen LogP contribution is 2.08. The van der Waals surface area contributed by atoms with Gasteiger partial charge in [0.2, 0.25) is 0 Å². The van der Waals surface area contributed by atoms with Crippen LogP contribution in [0.25, 0.3) is 0 Å². The van der Waals surface area contributed by atoms with Crippen molar-refractivity contribution in [2.24, 2.45) is 5.92 Å². The zero-order valence-corrected chi connectivity index (χ0v) is 6.28. The molecule has 0 bridgehead atoms. The van der Waals surface area contributed by atoms with Gasteiger partial charge < -0.3 is 10.6 Å². The Labute approximate surface area is 57.0 Å². The SMILES string of the molecule is CNC1CCNCC1C. The maximum atomic E-state index is 3.36. The Morgan fingerprint density at radius 2 is 2.33 bits per heavy atom. The minimum atomic E-state index is 0.742. The molecule has 0 radical (unpaired) electrons. The molecule has 54 valence electrons. The van der Waals surface area contributed by atoms with Gasteiger partial charge in [0.25, 0.3) is 0 Å². The first-order valence-corrected chi connectivity index (χ1v) is 3.72. The summed E-state index contributed by atoms with van der Waals surface area (Å²) in [5.41, 5.74) is 0. The van der Waals surface area contributed by atoms with Crippen LogP contribution in [-0.2, 0) is 0 Å². The fourth-order valence-corrected chi connectivity index (χ4v) is 1.44. The lowest BCUT2D eigenvalue weighted by Gasteiger charge is -2.28. The van der Waals surface area contributed by atoms with Crippen molar-refractivity contribution in [1.29, 1.82) is 0 Å². The molecule has 2 atom stereocenters. The Kier molecular flexibility index (Phi) is 2.49. The van der Waals surface area contributed by atoms with E-state index in [-0.39, 0.29) is 0 Å². The fourth-order valence-electron chi connectivity index (χ4n) is 1.44. The van der Waals surface area contributed by atoms with Crippen LogP contribution in [0, 0.1) is 5.92 Å². The molecule has 0 amide bonds. The quantitative estimate of drug-likeness (QED) is 0.527. The summed E-state index contributed by atoms with van der Waals surface area (Å²) in [6.45, 7) is 4.63. The molecule has 1 aliphatic heterocycles. The Balaban J connectivity index is 2.30. The van der Waals surface area contributed by atoms with E-state index < -0.39 is 0 Å². The predicted octanol–water partition coefficient (Wildman–Crippen LogP) is 0.204. The molecule has 2 N–H and O–H groups in total. The third-order valence-electron chi connectivity index (χ3n) is 2.16. The van der Waals surface area contributed by atoms with E-state index in [1.54, 1.807) is 0 Å². The first-order valence-electron chi connectivity index (χ1n) is 3.72. The van der Waals surface area contributed by atoms with E-state index in [4.69, 9.17) is 0 Å². The molecule has 0 aromatic rings. The van der Waals surface area contributed by atoms with E-state index in [1.165, 1.54) is 19.5 Å². The van der Waals surface area contributed by atoms with E-state index >= 15 is 0 Å². The topological polar surface area (TPSA) is 24.1 Å². The van der Waals surface area contributed by atoms with Gasteiger partial charge >= 0.3 is 0 Å². The van der Waals surface area contributed by atoms with Crippen LogP contribution in [0.5, 0.6) is 0 Å². The largest absolute Gasteiger partial charge is 0.317 e. The van der Waals surface area contributed by atoms with Crippen molar-refractivity contribution in [2.75, 3.05) is 20.1 Å². The number of hydrogen-bond acceptors (Lipinski definition) is 2. The summed E-state index contributed by atoms with van der Waals surface area (Å²) in [6, 6.07) is 0.742. The van der Waals surface area contributed by atoms with Crippen LogP contribution in [-0.4, -0.2) is 26.2 Å². The van der Waals surface area contributed by atoms with Gasteiger partial charge in [0.15, 0.2) is 0 Å². The maximum absolute atomic E-state index is 3.36. The zero-order valence-electron chi connectivity index (χ0n) is 6.28. The van der Waals surface area contributed by atoms with Crippen LogP contribution >= 0.6 is 0 Å². The normalized spacial score (nSPS) is 36.7. The Hall–Kier alpha value is -0.0800. The maximum Gasteiger partial charge on any atom is 0.0114 e. The lowest BCUT2D eigenvalue weighted by atomic mass is 9.96. The van der Waals surface area contributed by atoms with Gasteiger partial charge in [0, 0.05) is 6.04 Å². The van der Waals surface area contributed by atoms with Crippen LogP contribution in [0.3, 0.4) is 0 Å². The zero-order chi connectivity index (χ0) is 6.69. The molecule has 1 rings (SSSR count). The van der Waals surface area contributed by atoms with E-state index in [1.807, 2.05) is 7.05 Å². The number of rotatable bonds is 1. The van der Waals surface area contributed by atoms with Crippen LogP contribution in [0.15, 0.2) is 0 Å². The molecule has 1 fully saturated rings. The average Bonchev–Trinajstić information content (AvgIpc) is 1.89. The van der Waals surface area contributed by atoms with Crippen molar-refractivity contribution in [3.8, 4) is 0 Å². The van der Waals surface area contributed by atoms with Crippen molar-refractivity contribution < 1.29 is 0 Å². The van der Waals surface area contributed by atoms with Gasteiger partial charge in [-0.1, -0.05) is 6.92 Å². The summed E-state index contributed by atoms with van der Waals surface area (Å²) in [6.07, 6.45) is 1.28. The van der Waals surface area contributed by atoms with Crippen LogP contribution in [0.4, 0.5) is 0 Å². The van der Waals surface area contributed by atoms with Crippen molar-refractivity contribution >= 4 is 0 Å². The molecule has 0 aromatic heterocycles. The summed E-state index contributed by atoms with van der Waals surface area (Å²) < 4.78 is 0. The Morgan fingerprint density at radius 1 is 1.56 bits per heavy atom. The van der Waals surface area contributed by atoms with E-state index in [0.29, 0.717) is 0 Å². The molecule has 1 heterocycles. The van der Waals surface area contributed by atoms with Crippen LogP contribution in [0.1, 0.15) is 13.3 Å². The molecule has 0 aliphatic carbocycles. The lowest BCUT2D eigenvalue weighted by molar-refractivity contribution is 0.311. The third kappa shape index (κ3) is 1.66. The second-order valence-corrected chi connectivity index (χ2v) is 2.87. The average molecular weight is 128 g/mol. The molecule has 0 aromatic carbocycles. The molecule has 0 saturated carbocycles. The molecule has 2 nitrogen and oxygen atoms in total. The molecular weight excluding hydrogens is 112 g/mol. The fraction of sp³-hybridized carbons (Fsp3) is 1.00. The van der Waals surface area contributed by atoms with Crippen molar-refractivity contribution in [3.63, 3.8) is 0 Å². The molecular formula is C7H16N2. The summed E-state index contributed by atoms with van der Waals surface area (Å²) in [5.74, 6) is 0.795.